The van der Waals surface area contributed by atoms with Crippen molar-refractivity contribution in [1.29, 1.82) is 0 Å². The number of nitrogens with zero attached hydrogens (tertiary/aromatic N) is 5. The van der Waals surface area contributed by atoms with Crippen LogP contribution in [0.1, 0.15) is 128 Å². The van der Waals surface area contributed by atoms with Gasteiger partial charge in [-0.2, -0.15) is 0 Å². The van der Waals surface area contributed by atoms with Crippen molar-refractivity contribution in [3.63, 3.8) is 0 Å². The second-order valence-corrected chi connectivity index (χ2v) is 22.0. The maximum Gasteiger partial charge on any atom is 0.246 e. The number of likely N-dealkylation sites (tertiary alicyclic amines) is 2. The first-order valence-electron chi connectivity index (χ1n) is 25.6. The zero-order chi connectivity index (χ0) is 53.4. The summed E-state index contributed by atoms with van der Waals surface area (Å²) in [6.07, 6.45) is 4.86. The van der Waals surface area contributed by atoms with E-state index in [-0.39, 0.29) is 74.5 Å². The highest BCUT2D eigenvalue weighted by Crippen LogP contribution is 2.34. The monoisotopic (exact) mass is 1010 g/mol. The number of aliphatic hydroxyl groups excluding tert-OH is 1. The van der Waals surface area contributed by atoms with Crippen molar-refractivity contribution in [2.24, 2.45) is 10.8 Å². The Morgan fingerprint density at radius 1 is 0.740 bits per heavy atom. The van der Waals surface area contributed by atoms with Crippen LogP contribution in [-0.2, 0) is 46.4 Å². The Morgan fingerprint density at radius 2 is 1.36 bits per heavy atom. The lowest BCUT2D eigenvalue weighted by molar-refractivity contribution is -0.144. The molecule has 398 valence electrons. The normalized spacial score (nSPS) is 22.0. The molecule has 3 heterocycles. The van der Waals surface area contributed by atoms with E-state index in [0.29, 0.717) is 5.69 Å². The molecule has 73 heavy (non-hydrogen) atoms. The minimum atomic E-state index is -1.07. The van der Waals surface area contributed by atoms with Gasteiger partial charge in [0.15, 0.2) is 0 Å². The van der Waals surface area contributed by atoms with Crippen LogP contribution in [0.25, 0.3) is 0 Å². The number of aliphatic hydroxyl groups is 1. The van der Waals surface area contributed by atoms with Crippen LogP contribution in [0.3, 0.4) is 0 Å². The summed E-state index contributed by atoms with van der Waals surface area (Å²) in [7, 11) is 3.19. The third-order valence-electron chi connectivity index (χ3n) is 14.5. The molecule has 6 rings (SSSR count). The van der Waals surface area contributed by atoms with E-state index < -0.39 is 83.5 Å². The number of amides is 7. The molecule has 3 aromatic rings. The molecule has 8 N–H and O–H groups in total. The number of likely N-dealkylation sites (N-methyl/N-ethyl adjacent to an activating group) is 2. The van der Waals surface area contributed by atoms with E-state index in [0.717, 1.165) is 30.4 Å². The summed E-state index contributed by atoms with van der Waals surface area (Å²) in [6, 6.07) is 10.4. The zero-order valence-electron chi connectivity index (χ0n) is 44.2. The van der Waals surface area contributed by atoms with Crippen LogP contribution in [0.5, 0.6) is 0 Å². The van der Waals surface area contributed by atoms with Crippen molar-refractivity contribution < 1.29 is 38.7 Å². The van der Waals surface area contributed by atoms with Crippen LogP contribution in [0.15, 0.2) is 60.8 Å². The van der Waals surface area contributed by atoms with Crippen molar-refractivity contribution in [2.75, 3.05) is 33.8 Å². The first kappa shape index (κ1) is 56.1. The lowest BCUT2D eigenvalue weighted by atomic mass is 9.85. The average Bonchev–Trinajstić information content (AvgIpc) is 4.13. The summed E-state index contributed by atoms with van der Waals surface area (Å²) in [4.78, 5) is 101. The van der Waals surface area contributed by atoms with Crippen LogP contribution >= 0.6 is 0 Å². The van der Waals surface area contributed by atoms with E-state index in [1.807, 2.05) is 76.2 Å². The van der Waals surface area contributed by atoms with E-state index >= 15 is 0 Å². The van der Waals surface area contributed by atoms with E-state index in [1.165, 1.54) is 17.5 Å². The van der Waals surface area contributed by atoms with Gasteiger partial charge >= 0.3 is 0 Å². The van der Waals surface area contributed by atoms with Crippen molar-refractivity contribution in [1.82, 2.24) is 62.0 Å². The molecule has 20 heteroatoms. The van der Waals surface area contributed by atoms with Gasteiger partial charge in [0.1, 0.15) is 30.2 Å². The van der Waals surface area contributed by atoms with Gasteiger partial charge in [0.25, 0.3) is 0 Å². The second-order valence-electron chi connectivity index (χ2n) is 22.0. The molecule has 2 aromatic carbocycles. The summed E-state index contributed by atoms with van der Waals surface area (Å²) in [5, 5.41) is 39.3. The van der Waals surface area contributed by atoms with Crippen LogP contribution in [0.4, 0.5) is 0 Å². The highest BCUT2D eigenvalue weighted by atomic mass is 16.3. The summed E-state index contributed by atoms with van der Waals surface area (Å²) >= 11 is 0. The van der Waals surface area contributed by atoms with E-state index in [2.05, 4.69) is 53.6 Å². The quantitative estimate of drug-likeness (QED) is 0.0855. The Labute approximate surface area is 429 Å². The molecule has 0 radical (unpaired) electrons. The largest absolute Gasteiger partial charge is 0.394 e. The van der Waals surface area contributed by atoms with E-state index in [1.54, 1.807) is 50.5 Å². The summed E-state index contributed by atoms with van der Waals surface area (Å²) in [6.45, 7) is 14.2. The Hall–Kier alpha value is -6.25. The molecule has 20 nitrogen and oxygen atoms in total. The van der Waals surface area contributed by atoms with Gasteiger partial charge in [-0.05, 0) is 81.1 Å². The third kappa shape index (κ3) is 13.9. The number of benzene rings is 2. The molecule has 0 bridgehead atoms. The van der Waals surface area contributed by atoms with Crippen LogP contribution in [-0.4, -0.2) is 147 Å². The number of fused-ring (bicyclic) bond motifs is 1. The topological polar surface area (TPSA) is 261 Å². The van der Waals surface area contributed by atoms with Gasteiger partial charge in [0.2, 0.25) is 41.4 Å². The highest BCUT2D eigenvalue weighted by molar-refractivity contribution is 5.95. The smallest absolute Gasteiger partial charge is 0.246 e. The fourth-order valence-electron chi connectivity index (χ4n) is 9.96. The number of hydrogen-bond donors (Lipinski definition) is 8. The predicted molar refractivity (Wildman–Crippen MR) is 274 cm³/mol. The standard InChI is InChI=1S/C53H78N12O8/c1-31(33-17-12-11-13-18-33)56-48(70)41-25-36(27-63(41)50(72)45(53(6,7)8)60-47(69)40(30-66)55-10)57-43(67)24-23-35-28-65(62-61-35)37-26-42(49(71)58-39-22-16-20-34-19-14-15-21-38(34)39)64(29-37)51(73)44(52(3,4)5)59-46(68)32(2)54-9/h11-15,17-19,21,28,31-32,36-37,39-42,44-45,54-55,66H,16,20,22-27,29-30H2,1-10H3,(H,56,70)(H,57,67)(H,58,71)(H,59,68)(H,60,69)/t31-,32+,36-,37+,39-,40+,41?,42+,44-,45?/m1/s1. The molecule has 2 fully saturated rings. The number of aryl methyl sites for hydroxylation is 2. The third-order valence-corrected chi connectivity index (χ3v) is 14.5. The van der Waals surface area contributed by atoms with Crippen molar-refractivity contribution in [2.45, 2.75) is 161 Å². The van der Waals surface area contributed by atoms with Gasteiger partial charge in [-0.25, -0.2) is 4.68 Å². The lowest BCUT2D eigenvalue weighted by Crippen LogP contribution is -2.60. The lowest BCUT2D eigenvalue weighted by Gasteiger charge is -2.36. The Kier molecular flexibility index (Phi) is 18.6. The molecule has 0 saturated carbocycles. The molecule has 2 saturated heterocycles. The van der Waals surface area contributed by atoms with Crippen molar-refractivity contribution >= 4 is 41.4 Å². The maximum atomic E-state index is 14.7. The van der Waals surface area contributed by atoms with Crippen molar-refractivity contribution in [3.05, 3.63) is 83.2 Å². The Bertz CT molecular complexity index is 2430. The number of rotatable bonds is 19. The second kappa shape index (κ2) is 24.2. The molecule has 1 aliphatic carbocycles. The SMILES string of the molecule is CN[C@@H](C)C(=O)N[C@H](C(=O)N1C[C@@H](n2cc(CCC(=O)N[C@@H]3CC(C(=O)N[C@H](C)c4ccccc4)N(C(=O)C(NC(=O)[C@H](CO)NC)C(C)(C)C)C3)nn2)C[C@H]1C(=O)N[C@@H]1CCCc2ccccc21)C(C)(C)C. The fraction of sp³-hybridized carbons (Fsp3) is 0.604. The number of aromatic nitrogens is 3. The fourth-order valence-corrected chi connectivity index (χ4v) is 9.96. The summed E-state index contributed by atoms with van der Waals surface area (Å²) < 4.78 is 1.63. The molecular weight excluding hydrogens is 933 g/mol. The highest BCUT2D eigenvalue weighted by Gasteiger charge is 2.48. The predicted octanol–water partition coefficient (Wildman–Crippen LogP) is 1.76. The van der Waals surface area contributed by atoms with Gasteiger partial charge in [0, 0.05) is 44.6 Å². The first-order chi connectivity index (χ1) is 34.5. The number of hydrogen-bond acceptors (Lipinski definition) is 12. The first-order valence-corrected chi connectivity index (χ1v) is 25.6. The van der Waals surface area contributed by atoms with E-state index in [9.17, 15) is 38.7 Å². The molecular formula is C53H78N12O8. The molecule has 0 spiro atoms. The van der Waals surface area contributed by atoms with E-state index in [4.69, 9.17) is 0 Å². The van der Waals surface area contributed by atoms with Crippen molar-refractivity contribution in [3.8, 4) is 0 Å². The molecule has 3 aliphatic rings. The van der Waals surface area contributed by atoms with Gasteiger partial charge in [-0.3, -0.25) is 33.6 Å². The van der Waals surface area contributed by atoms with Gasteiger partial charge in [-0.1, -0.05) is 101 Å². The number of nitrogens with one attached hydrogen (secondary N) is 7. The average molecular weight is 1010 g/mol. The van der Waals surface area contributed by atoms with Crippen LogP contribution < -0.4 is 37.2 Å². The molecule has 10 atom stereocenters. The van der Waals surface area contributed by atoms with Gasteiger partial charge in [0.05, 0.1) is 36.5 Å². The minimum absolute atomic E-state index is 0.000541. The number of carbonyl (C=O) groups is 7. The maximum absolute atomic E-state index is 14.7. The zero-order valence-corrected chi connectivity index (χ0v) is 44.2. The molecule has 2 unspecified atom stereocenters. The van der Waals surface area contributed by atoms with Crippen LogP contribution in [0, 0.1) is 10.8 Å². The Balaban J connectivity index is 1.16. The molecule has 2 aliphatic heterocycles. The Morgan fingerprint density at radius 3 is 1.99 bits per heavy atom. The summed E-state index contributed by atoms with van der Waals surface area (Å²) in [5.41, 5.74) is 2.13. The van der Waals surface area contributed by atoms with Crippen LogP contribution in [0.2, 0.25) is 0 Å². The molecule has 1 aromatic heterocycles. The molecule has 7 amide bonds. The van der Waals surface area contributed by atoms with Gasteiger partial charge in [-0.15, -0.1) is 5.10 Å². The minimum Gasteiger partial charge on any atom is -0.394 e. The summed E-state index contributed by atoms with van der Waals surface area (Å²) in [5.74, 6) is -2.83. The number of carbonyl (C=O) groups excluding carboxylic acids is 7. The van der Waals surface area contributed by atoms with Gasteiger partial charge < -0.3 is 52.1 Å².